The molecule has 5 nitrogen and oxygen atoms in total. The van der Waals surface area contributed by atoms with Gasteiger partial charge in [-0.2, -0.15) is 0 Å². The third-order valence-electron chi connectivity index (χ3n) is 4.40. The number of piperidine rings is 1. The Labute approximate surface area is 142 Å². The fourth-order valence-corrected chi connectivity index (χ4v) is 3.29. The van der Waals surface area contributed by atoms with Gasteiger partial charge in [0.25, 0.3) is 0 Å². The van der Waals surface area contributed by atoms with Crippen LogP contribution < -0.4 is 14.8 Å². The summed E-state index contributed by atoms with van der Waals surface area (Å²) >= 11 is 6.29. The fraction of sp³-hybridized carbons (Fsp3) is 0.588. The molecule has 0 atom stereocenters. The lowest BCUT2D eigenvalue weighted by molar-refractivity contribution is 0.171. The SMILES string of the molecule is CN=C(NCc1cc(Cl)c2c(c1)OCCO2)N1CCC(C)CC1. The maximum absolute atomic E-state index is 6.29. The number of benzene rings is 1. The molecule has 23 heavy (non-hydrogen) atoms. The van der Waals surface area contributed by atoms with Crippen molar-refractivity contribution < 1.29 is 9.47 Å². The van der Waals surface area contributed by atoms with Gasteiger partial charge in [-0.25, -0.2) is 0 Å². The van der Waals surface area contributed by atoms with E-state index in [0.29, 0.717) is 30.5 Å². The van der Waals surface area contributed by atoms with Gasteiger partial charge >= 0.3 is 0 Å². The summed E-state index contributed by atoms with van der Waals surface area (Å²) in [5, 5.41) is 4.02. The first-order valence-electron chi connectivity index (χ1n) is 8.21. The Morgan fingerprint density at radius 2 is 2.04 bits per heavy atom. The quantitative estimate of drug-likeness (QED) is 0.666. The van der Waals surface area contributed by atoms with Gasteiger partial charge in [0.15, 0.2) is 17.5 Å². The van der Waals surface area contributed by atoms with Gasteiger partial charge in [-0.05, 0) is 36.5 Å². The smallest absolute Gasteiger partial charge is 0.193 e. The minimum absolute atomic E-state index is 0.546. The van der Waals surface area contributed by atoms with Gasteiger partial charge in [0, 0.05) is 26.7 Å². The molecule has 0 radical (unpaired) electrons. The number of nitrogens with zero attached hydrogens (tertiary/aromatic N) is 2. The van der Waals surface area contributed by atoms with Crippen LogP contribution in [0.2, 0.25) is 5.02 Å². The van der Waals surface area contributed by atoms with E-state index in [2.05, 4.69) is 22.1 Å². The molecular weight excluding hydrogens is 314 g/mol. The highest BCUT2D eigenvalue weighted by Gasteiger charge is 2.19. The van der Waals surface area contributed by atoms with E-state index in [9.17, 15) is 0 Å². The van der Waals surface area contributed by atoms with Crippen molar-refractivity contribution >= 4 is 17.6 Å². The van der Waals surface area contributed by atoms with Crippen LogP contribution in [0.1, 0.15) is 25.3 Å². The van der Waals surface area contributed by atoms with E-state index in [1.165, 1.54) is 12.8 Å². The number of ether oxygens (including phenoxy) is 2. The Balaban J connectivity index is 1.64. The first kappa shape index (κ1) is 16.2. The van der Waals surface area contributed by atoms with E-state index >= 15 is 0 Å². The van der Waals surface area contributed by atoms with Crippen LogP contribution >= 0.6 is 11.6 Å². The molecule has 0 aromatic heterocycles. The Morgan fingerprint density at radius 3 is 2.78 bits per heavy atom. The maximum Gasteiger partial charge on any atom is 0.193 e. The van der Waals surface area contributed by atoms with Crippen LogP contribution in [-0.2, 0) is 6.54 Å². The molecule has 1 aromatic rings. The second-order valence-electron chi connectivity index (χ2n) is 6.17. The molecule has 0 spiro atoms. The zero-order valence-electron chi connectivity index (χ0n) is 13.8. The number of hydrogen-bond acceptors (Lipinski definition) is 3. The molecule has 2 heterocycles. The number of likely N-dealkylation sites (tertiary alicyclic amines) is 1. The Hall–Kier alpha value is -1.62. The normalized spacial score (nSPS) is 18.9. The minimum Gasteiger partial charge on any atom is -0.486 e. The zero-order valence-corrected chi connectivity index (χ0v) is 14.5. The van der Waals surface area contributed by atoms with Crippen LogP contribution in [0.25, 0.3) is 0 Å². The summed E-state index contributed by atoms with van der Waals surface area (Å²) in [5.74, 6) is 3.13. The molecule has 1 N–H and O–H groups in total. The van der Waals surface area contributed by atoms with E-state index in [0.717, 1.165) is 36.3 Å². The van der Waals surface area contributed by atoms with Crippen LogP contribution in [0.15, 0.2) is 17.1 Å². The molecule has 0 bridgehead atoms. The molecule has 0 unspecified atom stereocenters. The second kappa shape index (κ2) is 7.30. The molecule has 6 heteroatoms. The van der Waals surface area contributed by atoms with Crippen LogP contribution in [0, 0.1) is 5.92 Å². The molecular formula is C17H24ClN3O2. The molecule has 0 aliphatic carbocycles. The fourth-order valence-electron chi connectivity index (χ4n) is 3.00. The molecule has 2 aliphatic heterocycles. The third kappa shape index (κ3) is 3.83. The lowest BCUT2D eigenvalue weighted by atomic mass is 9.99. The number of fused-ring (bicyclic) bond motifs is 1. The number of aliphatic imine (C=N–C) groups is 1. The van der Waals surface area contributed by atoms with Crippen molar-refractivity contribution in [3.63, 3.8) is 0 Å². The summed E-state index contributed by atoms with van der Waals surface area (Å²) in [6, 6.07) is 3.91. The number of guanidine groups is 1. The number of rotatable bonds is 2. The summed E-state index contributed by atoms with van der Waals surface area (Å²) in [6.45, 7) is 6.20. The lowest BCUT2D eigenvalue weighted by Crippen LogP contribution is -2.45. The van der Waals surface area contributed by atoms with Crippen LogP contribution in [0.4, 0.5) is 0 Å². The van der Waals surface area contributed by atoms with E-state index in [1.807, 2.05) is 19.2 Å². The minimum atomic E-state index is 0.546. The van der Waals surface area contributed by atoms with Crippen molar-refractivity contribution in [1.29, 1.82) is 0 Å². The van der Waals surface area contributed by atoms with Gasteiger partial charge < -0.3 is 19.7 Å². The zero-order chi connectivity index (χ0) is 16.2. The highest BCUT2D eigenvalue weighted by molar-refractivity contribution is 6.32. The number of hydrogen-bond donors (Lipinski definition) is 1. The van der Waals surface area contributed by atoms with Crippen molar-refractivity contribution in [3.05, 3.63) is 22.7 Å². The highest BCUT2D eigenvalue weighted by atomic mass is 35.5. The van der Waals surface area contributed by atoms with Gasteiger partial charge in [0.2, 0.25) is 0 Å². The molecule has 1 aromatic carbocycles. The highest BCUT2D eigenvalue weighted by Crippen LogP contribution is 2.38. The van der Waals surface area contributed by atoms with Crippen molar-refractivity contribution in [2.75, 3.05) is 33.4 Å². The maximum atomic E-state index is 6.29. The Morgan fingerprint density at radius 1 is 1.30 bits per heavy atom. The average Bonchev–Trinajstić information content (AvgIpc) is 2.57. The van der Waals surface area contributed by atoms with Crippen molar-refractivity contribution in [2.45, 2.75) is 26.3 Å². The first-order valence-corrected chi connectivity index (χ1v) is 8.59. The third-order valence-corrected chi connectivity index (χ3v) is 4.68. The van der Waals surface area contributed by atoms with E-state index < -0.39 is 0 Å². The van der Waals surface area contributed by atoms with Crippen LogP contribution in [-0.4, -0.2) is 44.2 Å². The predicted octanol–water partition coefficient (Wildman–Crippen LogP) is 2.92. The molecule has 1 saturated heterocycles. The molecule has 3 rings (SSSR count). The second-order valence-corrected chi connectivity index (χ2v) is 6.58. The monoisotopic (exact) mass is 337 g/mol. The van der Waals surface area contributed by atoms with Gasteiger partial charge in [0.05, 0.1) is 5.02 Å². The van der Waals surface area contributed by atoms with Gasteiger partial charge in [-0.15, -0.1) is 0 Å². The van der Waals surface area contributed by atoms with E-state index in [4.69, 9.17) is 21.1 Å². The van der Waals surface area contributed by atoms with Crippen molar-refractivity contribution in [2.24, 2.45) is 10.9 Å². The van der Waals surface area contributed by atoms with Crippen molar-refractivity contribution in [1.82, 2.24) is 10.2 Å². The molecule has 0 saturated carbocycles. The standard InChI is InChI=1S/C17H24ClN3O2/c1-12-3-5-21(6-4-12)17(19-2)20-11-13-9-14(18)16-15(10-13)22-7-8-23-16/h9-10,12H,3-8,11H2,1-2H3,(H,19,20). The average molecular weight is 338 g/mol. The first-order chi connectivity index (χ1) is 11.2. The number of nitrogens with one attached hydrogen (secondary N) is 1. The lowest BCUT2D eigenvalue weighted by Gasteiger charge is -2.33. The Bertz CT molecular complexity index is 583. The summed E-state index contributed by atoms with van der Waals surface area (Å²) in [5.41, 5.74) is 1.06. The summed E-state index contributed by atoms with van der Waals surface area (Å²) < 4.78 is 11.2. The molecule has 2 aliphatic rings. The van der Waals surface area contributed by atoms with Gasteiger partial charge in [0.1, 0.15) is 13.2 Å². The van der Waals surface area contributed by atoms with Crippen molar-refractivity contribution in [3.8, 4) is 11.5 Å². The molecule has 126 valence electrons. The summed E-state index contributed by atoms with van der Waals surface area (Å²) in [7, 11) is 1.83. The van der Waals surface area contributed by atoms with E-state index in [-0.39, 0.29) is 0 Å². The largest absolute Gasteiger partial charge is 0.486 e. The summed E-state index contributed by atoms with van der Waals surface area (Å²) in [6.07, 6.45) is 2.44. The van der Waals surface area contributed by atoms with Gasteiger partial charge in [-0.3, -0.25) is 4.99 Å². The number of halogens is 1. The van der Waals surface area contributed by atoms with Crippen LogP contribution in [0.5, 0.6) is 11.5 Å². The van der Waals surface area contributed by atoms with Gasteiger partial charge in [-0.1, -0.05) is 18.5 Å². The Kier molecular flexibility index (Phi) is 5.16. The predicted molar refractivity (Wildman–Crippen MR) is 92.6 cm³/mol. The van der Waals surface area contributed by atoms with Crippen LogP contribution in [0.3, 0.4) is 0 Å². The topological polar surface area (TPSA) is 46.1 Å². The molecule has 1 fully saturated rings. The summed E-state index contributed by atoms with van der Waals surface area (Å²) in [4.78, 5) is 6.72. The van der Waals surface area contributed by atoms with E-state index in [1.54, 1.807) is 0 Å². The molecule has 0 amide bonds.